The second kappa shape index (κ2) is 5.68. The van der Waals surface area contributed by atoms with Crippen LogP contribution in [0.5, 0.6) is 0 Å². The third-order valence-corrected chi connectivity index (χ3v) is 5.12. The second-order valence-corrected chi connectivity index (χ2v) is 7.70. The Morgan fingerprint density at radius 3 is 2.43 bits per heavy atom. The van der Waals surface area contributed by atoms with E-state index in [-0.39, 0.29) is 11.0 Å². The standard InChI is InChI=1S/C18H27F2N/c1-12-7-8-14(19)15(16(12)20)18(21)10-5-6-13(9-11-18)17(2,3)4/h7-8,13H,5-6,9-11,21H2,1-4H3. The molecule has 2 unspecified atom stereocenters. The summed E-state index contributed by atoms with van der Waals surface area (Å²) in [6, 6.07) is 2.82. The molecule has 0 spiro atoms. The minimum atomic E-state index is -0.875. The highest BCUT2D eigenvalue weighted by atomic mass is 19.1. The van der Waals surface area contributed by atoms with Crippen molar-refractivity contribution < 1.29 is 8.78 Å². The molecule has 1 fully saturated rings. The van der Waals surface area contributed by atoms with Gasteiger partial charge < -0.3 is 5.73 Å². The smallest absolute Gasteiger partial charge is 0.134 e. The highest BCUT2D eigenvalue weighted by molar-refractivity contribution is 5.32. The van der Waals surface area contributed by atoms with Crippen molar-refractivity contribution in [2.75, 3.05) is 0 Å². The molecular weight excluding hydrogens is 268 g/mol. The van der Waals surface area contributed by atoms with Crippen LogP contribution in [0.2, 0.25) is 0 Å². The van der Waals surface area contributed by atoms with Crippen LogP contribution in [-0.2, 0) is 5.54 Å². The zero-order valence-corrected chi connectivity index (χ0v) is 13.6. The highest BCUT2D eigenvalue weighted by Gasteiger charge is 2.38. The van der Waals surface area contributed by atoms with Crippen LogP contribution in [-0.4, -0.2) is 0 Å². The van der Waals surface area contributed by atoms with Crippen molar-refractivity contribution in [2.24, 2.45) is 17.1 Å². The van der Waals surface area contributed by atoms with Crippen LogP contribution in [0, 0.1) is 29.9 Å². The molecule has 2 atom stereocenters. The first-order chi connectivity index (χ1) is 9.65. The fraction of sp³-hybridized carbons (Fsp3) is 0.667. The lowest BCUT2D eigenvalue weighted by atomic mass is 9.75. The molecule has 1 aromatic rings. The lowest BCUT2D eigenvalue weighted by Crippen LogP contribution is -2.38. The van der Waals surface area contributed by atoms with E-state index in [1.54, 1.807) is 6.92 Å². The Morgan fingerprint density at radius 2 is 1.81 bits per heavy atom. The Bertz CT molecular complexity index is 519. The molecule has 0 aliphatic heterocycles. The SMILES string of the molecule is Cc1ccc(F)c(C2(N)CCCC(C(C)(C)C)CC2)c1F. The third-order valence-electron chi connectivity index (χ3n) is 5.12. The molecule has 0 heterocycles. The Kier molecular flexibility index (Phi) is 4.44. The maximum absolute atomic E-state index is 14.4. The van der Waals surface area contributed by atoms with E-state index in [0.717, 1.165) is 19.3 Å². The van der Waals surface area contributed by atoms with E-state index in [0.29, 0.717) is 24.3 Å². The first kappa shape index (κ1) is 16.4. The quantitative estimate of drug-likeness (QED) is 0.721. The topological polar surface area (TPSA) is 26.0 Å². The number of hydrogen-bond donors (Lipinski definition) is 1. The van der Waals surface area contributed by atoms with Crippen LogP contribution in [0.15, 0.2) is 12.1 Å². The van der Waals surface area contributed by atoms with Crippen molar-refractivity contribution in [3.8, 4) is 0 Å². The summed E-state index contributed by atoms with van der Waals surface area (Å²) in [6.45, 7) is 8.36. The van der Waals surface area contributed by atoms with Gasteiger partial charge in [-0.3, -0.25) is 0 Å². The van der Waals surface area contributed by atoms with E-state index >= 15 is 0 Å². The van der Waals surface area contributed by atoms with Crippen molar-refractivity contribution in [2.45, 2.75) is 65.3 Å². The van der Waals surface area contributed by atoms with Crippen LogP contribution in [0.25, 0.3) is 0 Å². The lowest BCUT2D eigenvalue weighted by molar-refractivity contribution is 0.210. The highest BCUT2D eigenvalue weighted by Crippen LogP contribution is 2.43. The van der Waals surface area contributed by atoms with E-state index in [2.05, 4.69) is 20.8 Å². The minimum Gasteiger partial charge on any atom is -0.321 e. The zero-order valence-electron chi connectivity index (χ0n) is 13.6. The van der Waals surface area contributed by atoms with Crippen LogP contribution >= 0.6 is 0 Å². The molecule has 1 aliphatic carbocycles. The lowest BCUT2D eigenvalue weighted by Gasteiger charge is -2.32. The number of aryl methyl sites for hydroxylation is 1. The van der Waals surface area contributed by atoms with Gasteiger partial charge in [0.05, 0.1) is 0 Å². The van der Waals surface area contributed by atoms with Gasteiger partial charge in [-0.2, -0.15) is 0 Å². The Labute approximate surface area is 126 Å². The molecule has 1 aromatic carbocycles. The van der Waals surface area contributed by atoms with Gasteiger partial charge in [0, 0.05) is 11.1 Å². The van der Waals surface area contributed by atoms with Gasteiger partial charge in [0.2, 0.25) is 0 Å². The number of hydrogen-bond acceptors (Lipinski definition) is 1. The largest absolute Gasteiger partial charge is 0.321 e. The molecule has 0 aromatic heterocycles. The molecule has 2 rings (SSSR count). The normalized spacial score (nSPS) is 27.5. The first-order valence-corrected chi connectivity index (χ1v) is 7.89. The fourth-order valence-electron chi connectivity index (χ4n) is 3.59. The van der Waals surface area contributed by atoms with Gasteiger partial charge in [-0.15, -0.1) is 0 Å². The van der Waals surface area contributed by atoms with Crippen LogP contribution < -0.4 is 5.73 Å². The minimum absolute atomic E-state index is 0.0945. The van der Waals surface area contributed by atoms with Crippen LogP contribution in [0.4, 0.5) is 8.78 Å². The number of nitrogens with two attached hydrogens (primary N) is 1. The summed E-state index contributed by atoms with van der Waals surface area (Å²) >= 11 is 0. The third kappa shape index (κ3) is 3.28. The van der Waals surface area contributed by atoms with E-state index in [1.165, 1.54) is 12.1 Å². The number of halogens is 2. The zero-order chi connectivity index (χ0) is 15.8. The maximum atomic E-state index is 14.4. The molecule has 3 heteroatoms. The van der Waals surface area contributed by atoms with E-state index in [1.807, 2.05) is 0 Å². The second-order valence-electron chi connectivity index (χ2n) is 7.70. The van der Waals surface area contributed by atoms with E-state index in [9.17, 15) is 8.78 Å². The maximum Gasteiger partial charge on any atom is 0.134 e. The number of rotatable bonds is 1. The summed E-state index contributed by atoms with van der Waals surface area (Å²) in [4.78, 5) is 0. The Morgan fingerprint density at radius 1 is 1.14 bits per heavy atom. The molecule has 1 nitrogen and oxygen atoms in total. The summed E-state index contributed by atoms with van der Waals surface area (Å²) in [5, 5.41) is 0. The van der Waals surface area contributed by atoms with Gasteiger partial charge in [-0.25, -0.2) is 8.78 Å². The van der Waals surface area contributed by atoms with E-state index in [4.69, 9.17) is 5.73 Å². The van der Waals surface area contributed by atoms with Gasteiger partial charge in [0.25, 0.3) is 0 Å². The van der Waals surface area contributed by atoms with Crippen LogP contribution in [0.3, 0.4) is 0 Å². The molecular formula is C18H27F2N. The summed E-state index contributed by atoms with van der Waals surface area (Å²) in [7, 11) is 0. The molecule has 118 valence electrons. The fourth-order valence-corrected chi connectivity index (χ4v) is 3.59. The molecule has 0 bridgehead atoms. The van der Waals surface area contributed by atoms with Crippen molar-refractivity contribution in [3.05, 3.63) is 34.9 Å². The summed E-state index contributed by atoms with van der Waals surface area (Å²) in [5.41, 5.74) is 6.38. The summed E-state index contributed by atoms with van der Waals surface area (Å²) in [5.74, 6) is -0.416. The van der Waals surface area contributed by atoms with Gasteiger partial charge in [-0.05, 0) is 55.6 Å². The van der Waals surface area contributed by atoms with Crippen LogP contribution in [0.1, 0.15) is 64.0 Å². The van der Waals surface area contributed by atoms with Crippen molar-refractivity contribution >= 4 is 0 Å². The first-order valence-electron chi connectivity index (χ1n) is 7.89. The summed E-state index contributed by atoms with van der Waals surface area (Å²) in [6.07, 6.45) is 4.22. The molecule has 0 saturated heterocycles. The predicted octanol–water partition coefficient (Wildman–Crippen LogP) is 5.05. The molecule has 1 aliphatic rings. The predicted molar refractivity (Wildman–Crippen MR) is 83.0 cm³/mol. The van der Waals surface area contributed by atoms with Crippen molar-refractivity contribution in [1.29, 1.82) is 0 Å². The summed E-state index contributed by atoms with van der Waals surface area (Å²) < 4.78 is 28.6. The Hall–Kier alpha value is -0.960. The van der Waals surface area contributed by atoms with Gasteiger partial charge in [0.1, 0.15) is 11.6 Å². The molecule has 21 heavy (non-hydrogen) atoms. The van der Waals surface area contributed by atoms with Gasteiger partial charge in [-0.1, -0.05) is 33.3 Å². The number of benzene rings is 1. The molecule has 2 N–H and O–H groups in total. The van der Waals surface area contributed by atoms with Gasteiger partial charge >= 0.3 is 0 Å². The van der Waals surface area contributed by atoms with E-state index < -0.39 is 17.2 Å². The van der Waals surface area contributed by atoms with Crippen molar-refractivity contribution in [1.82, 2.24) is 0 Å². The average molecular weight is 295 g/mol. The van der Waals surface area contributed by atoms with Gasteiger partial charge in [0.15, 0.2) is 0 Å². The Balaban J connectivity index is 2.34. The molecule has 0 radical (unpaired) electrons. The average Bonchev–Trinajstić information content (AvgIpc) is 2.56. The monoisotopic (exact) mass is 295 g/mol. The van der Waals surface area contributed by atoms with Crippen molar-refractivity contribution in [3.63, 3.8) is 0 Å². The molecule has 1 saturated carbocycles. The molecule has 0 amide bonds.